The van der Waals surface area contributed by atoms with Crippen LogP contribution in [0, 0.1) is 6.92 Å². The third-order valence-corrected chi connectivity index (χ3v) is 4.43. The molecule has 2 aromatic carbocycles. The Morgan fingerprint density at radius 3 is 2.52 bits per heavy atom. The van der Waals surface area contributed by atoms with Crippen LogP contribution in [0.15, 0.2) is 73.1 Å². The second kappa shape index (κ2) is 7.13. The number of rotatable bonds is 3. The molecule has 0 saturated carbocycles. The average molecular weight is 377 g/mol. The van der Waals surface area contributed by atoms with Gasteiger partial charge in [-0.25, -0.2) is 9.78 Å². The first kappa shape index (κ1) is 17.1. The van der Waals surface area contributed by atoms with Crippen molar-refractivity contribution < 1.29 is 4.79 Å². The average Bonchev–Trinajstić information content (AvgIpc) is 3.08. The minimum atomic E-state index is -0.326. The van der Waals surface area contributed by atoms with Gasteiger partial charge in [0.2, 0.25) is 0 Å². The van der Waals surface area contributed by atoms with E-state index in [9.17, 15) is 4.79 Å². The Balaban J connectivity index is 1.48. The van der Waals surface area contributed by atoms with Gasteiger partial charge in [0.1, 0.15) is 5.65 Å². The molecule has 4 aromatic rings. The summed E-state index contributed by atoms with van der Waals surface area (Å²) in [5.74, 6) is 0. The van der Waals surface area contributed by atoms with Crippen LogP contribution >= 0.6 is 11.6 Å². The molecule has 0 radical (unpaired) electrons. The topological polar surface area (TPSA) is 58.4 Å². The highest BCUT2D eigenvalue weighted by Crippen LogP contribution is 2.22. The minimum absolute atomic E-state index is 0.326. The van der Waals surface area contributed by atoms with Crippen LogP contribution in [0.5, 0.6) is 0 Å². The molecule has 4 rings (SSSR count). The zero-order valence-corrected chi connectivity index (χ0v) is 15.4. The van der Waals surface area contributed by atoms with Gasteiger partial charge < -0.3 is 15.0 Å². The lowest BCUT2D eigenvalue weighted by atomic mass is 10.1. The molecule has 0 unspecified atom stereocenters. The summed E-state index contributed by atoms with van der Waals surface area (Å²) in [7, 11) is 0. The minimum Gasteiger partial charge on any atom is -0.308 e. The number of aromatic nitrogens is 2. The predicted octanol–water partition coefficient (Wildman–Crippen LogP) is 5.61. The van der Waals surface area contributed by atoms with Gasteiger partial charge in [0.15, 0.2) is 0 Å². The van der Waals surface area contributed by atoms with Crippen LogP contribution in [0.4, 0.5) is 16.2 Å². The first-order valence-electron chi connectivity index (χ1n) is 8.47. The standard InChI is InChI=1S/C21H17ClN4O/c1-14-4-3-11-26-13-19(25-20(14)26)15-7-9-17(10-8-15)23-21(27)24-18-6-2-5-16(22)12-18/h2-13H,1H3,(H2,23,24,27). The Kier molecular flexibility index (Phi) is 4.52. The van der Waals surface area contributed by atoms with Gasteiger partial charge in [-0.1, -0.05) is 35.9 Å². The molecule has 6 heteroatoms. The van der Waals surface area contributed by atoms with Gasteiger partial charge in [-0.15, -0.1) is 0 Å². The van der Waals surface area contributed by atoms with Gasteiger partial charge in [-0.3, -0.25) is 0 Å². The lowest BCUT2D eigenvalue weighted by Crippen LogP contribution is -2.19. The van der Waals surface area contributed by atoms with Crippen LogP contribution < -0.4 is 10.6 Å². The van der Waals surface area contributed by atoms with Gasteiger partial charge in [0.25, 0.3) is 0 Å². The quantitative estimate of drug-likeness (QED) is 0.488. The molecule has 2 amide bonds. The maximum Gasteiger partial charge on any atom is 0.323 e. The van der Waals surface area contributed by atoms with Crippen LogP contribution in [0.1, 0.15) is 5.56 Å². The summed E-state index contributed by atoms with van der Waals surface area (Å²) in [6, 6.07) is 18.3. The molecule has 27 heavy (non-hydrogen) atoms. The molecular formula is C21H17ClN4O. The van der Waals surface area contributed by atoms with Gasteiger partial charge in [0.05, 0.1) is 5.69 Å². The van der Waals surface area contributed by atoms with Crippen molar-refractivity contribution in [1.29, 1.82) is 0 Å². The lowest BCUT2D eigenvalue weighted by molar-refractivity contribution is 0.262. The van der Waals surface area contributed by atoms with Crippen molar-refractivity contribution in [3.8, 4) is 11.3 Å². The van der Waals surface area contributed by atoms with E-state index >= 15 is 0 Å². The molecule has 0 spiro atoms. The van der Waals surface area contributed by atoms with Crippen LogP contribution in [0.3, 0.4) is 0 Å². The summed E-state index contributed by atoms with van der Waals surface area (Å²) in [6.45, 7) is 2.04. The largest absolute Gasteiger partial charge is 0.323 e. The van der Waals surface area contributed by atoms with Crippen molar-refractivity contribution in [1.82, 2.24) is 9.38 Å². The number of carbonyl (C=O) groups excluding carboxylic acids is 1. The maximum atomic E-state index is 12.1. The van der Waals surface area contributed by atoms with E-state index in [0.29, 0.717) is 16.4 Å². The number of hydrogen-bond acceptors (Lipinski definition) is 2. The summed E-state index contributed by atoms with van der Waals surface area (Å²) in [5, 5.41) is 6.13. The fourth-order valence-electron chi connectivity index (χ4n) is 2.88. The second-order valence-corrected chi connectivity index (χ2v) is 6.65. The van der Waals surface area contributed by atoms with Gasteiger partial charge in [-0.2, -0.15) is 0 Å². The van der Waals surface area contributed by atoms with Gasteiger partial charge in [0, 0.05) is 34.4 Å². The lowest BCUT2D eigenvalue weighted by Gasteiger charge is -2.08. The Bertz CT molecular complexity index is 1120. The van der Waals surface area contributed by atoms with E-state index in [1.807, 2.05) is 60.1 Å². The highest BCUT2D eigenvalue weighted by molar-refractivity contribution is 6.30. The molecule has 0 aliphatic carbocycles. The number of fused-ring (bicyclic) bond motifs is 1. The molecule has 2 N–H and O–H groups in total. The smallest absolute Gasteiger partial charge is 0.308 e. The number of amides is 2. The molecule has 0 saturated heterocycles. The van der Waals surface area contributed by atoms with E-state index in [1.54, 1.807) is 24.3 Å². The molecule has 134 valence electrons. The molecule has 0 bridgehead atoms. The van der Waals surface area contributed by atoms with Crippen molar-refractivity contribution in [3.63, 3.8) is 0 Å². The van der Waals surface area contributed by atoms with Crippen LogP contribution in [0.2, 0.25) is 5.02 Å². The van der Waals surface area contributed by atoms with E-state index in [-0.39, 0.29) is 6.03 Å². The second-order valence-electron chi connectivity index (χ2n) is 6.22. The number of benzene rings is 2. The van der Waals surface area contributed by atoms with E-state index in [2.05, 4.69) is 15.6 Å². The molecule has 2 aromatic heterocycles. The number of urea groups is 1. The molecule has 2 heterocycles. The number of hydrogen-bond donors (Lipinski definition) is 2. The number of pyridine rings is 1. The molecule has 5 nitrogen and oxygen atoms in total. The van der Waals surface area contributed by atoms with Crippen molar-refractivity contribution in [2.75, 3.05) is 10.6 Å². The fourth-order valence-corrected chi connectivity index (χ4v) is 3.07. The molecule has 0 atom stereocenters. The number of nitrogens with one attached hydrogen (secondary N) is 2. The van der Waals surface area contributed by atoms with Crippen LogP contribution in [-0.4, -0.2) is 15.4 Å². The van der Waals surface area contributed by atoms with Crippen molar-refractivity contribution in [2.24, 2.45) is 0 Å². The van der Waals surface area contributed by atoms with Crippen molar-refractivity contribution >= 4 is 34.7 Å². The summed E-state index contributed by atoms with van der Waals surface area (Å²) >= 11 is 5.92. The first-order chi connectivity index (χ1) is 13.1. The van der Waals surface area contributed by atoms with Crippen molar-refractivity contribution in [3.05, 3.63) is 83.6 Å². The van der Waals surface area contributed by atoms with E-state index in [4.69, 9.17) is 11.6 Å². The summed E-state index contributed by atoms with van der Waals surface area (Å²) in [6.07, 6.45) is 3.98. The fraction of sp³-hybridized carbons (Fsp3) is 0.0476. The Morgan fingerprint density at radius 1 is 1.00 bits per heavy atom. The number of carbonyl (C=O) groups is 1. The zero-order chi connectivity index (χ0) is 18.8. The first-order valence-corrected chi connectivity index (χ1v) is 8.85. The third-order valence-electron chi connectivity index (χ3n) is 4.20. The molecule has 0 aliphatic heterocycles. The molecular weight excluding hydrogens is 360 g/mol. The third kappa shape index (κ3) is 3.78. The number of anilines is 2. The Hall–Kier alpha value is -3.31. The maximum absolute atomic E-state index is 12.1. The molecule has 0 fully saturated rings. The summed E-state index contributed by atoms with van der Waals surface area (Å²) < 4.78 is 2.01. The monoisotopic (exact) mass is 376 g/mol. The number of nitrogens with zero attached hydrogens (tertiary/aromatic N) is 2. The predicted molar refractivity (Wildman–Crippen MR) is 109 cm³/mol. The van der Waals surface area contributed by atoms with Gasteiger partial charge in [-0.05, 0) is 48.9 Å². The van der Waals surface area contributed by atoms with Crippen LogP contribution in [-0.2, 0) is 0 Å². The summed E-state index contributed by atoms with van der Waals surface area (Å²) in [4.78, 5) is 16.8. The van der Waals surface area contributed by atoms with E-state index < -0.39 is 0 Å². The number of aryl methyl sites for hydroxylation is 1. The number of halogens is 1. The Morgan fingerprint density at radius 2 is 1.78 bits per heavy atom. The number of imidazole rings is 1. The molecule has 0 aliphatic rings. The van der Waals surface area contributed by atoms with E-state index in [1.165, 1.54) is 0 Å². The van der Waals surface area contributed by atoms with E-state index in [0.717, 1.165) is 22.5 Å². The zero-order valence-electron chi connectivity index (χ0n) is 14.6. The SMILES string of the molecule is Cc1cccn2cc(-c3ccc(NC(=O)Nc4cccc(Cl)c4)cc3)nc12. The van der Waals surface area contributed by atoms with Crippen LogP contribution in [0.25, 0.3) is 16.9 Å². The Labute approximate surface area is 161 Å². The highest BCUT2D eigenvalue weighted by Gasteiger charge is 2.07. The summed E-state index contributed by atoms with van der Waals surface area (Å²) in [5.41, 5.74) is 5.27. The van der Waals surface area contributed by atoms with Crippen molar-refractivity contribution in [2.45, 2.75) is 6.92 Å². The normalized spacial score (nSPS) is 10.7. The highest BCUT2D eigenvalue weighted by atomic mass is 35.5. The van der Waals surface area contributed by atoms with Gasteiger partial charge >= 0.3 is 6.03 Å².